The Balaban J connectivity index is 0.00000169. The van der Waals surface area contributed by atoms with Gasteiger partial charge in [-0.3, -0.25) is 4.79 Å². The van der Waals surface area contributed by atoms with E-state index >= 15 is 0 Å². The minimum Gasteiger partial charge on any atom is -0.378 e. The van der Waals surface area contributed by atoms with Crippen molar-refractivity contribution in [1.82, 2.24) is 16.0 Å². The third kappa shape index (κ3) is 6.10. The summed E-state index contributed by atoms with van der Waals surface area (Å²) in [6.07, 6.45) is 4.66. The Bertz CT molecular complexity index is 533. The summed E-state index contributed by atoms with van der Waals surface area (Å²) in [5.74, 6) is 0.0511. The van der Waals surface area contributed by atoms with Gasteiger partial charge in [0.15, 0.2) is 0 Å². The standard InChI is InChI=1S/C19H29N3O2.2ClH/c1-15(16-7-3-2-4-8-16)22-19(9-5-6-10-19)14-21-18(23)17-13-24-12-11-20-17;;/h2-4,7-8,15,17,20,22H,5-6,9-14H2,1H3,(H,21,23);2*1H. The fraction of sp³-hybridized carbons (Fsp3) is 0.632. The Morgan fingerprint density at radius 1 is 1.27 bits per heavy atom. The van der Waals surface area contributed by atoms with Gasteiger partial charge in [-0.25, -0.2) is 0 Å². The van der Waals surface area contributed by atoms with E-state index < -0.39 is 0 Å². The molecule has 0 aromatic heterocycles. The number of nitrogens with one attached hydrogen (secondary N) is 3. The van der Waals surface area contributed by atoms with Crippen LogP contribution in [0, 0.1) is 0 Å². The summed E-state index contributed by atoms with van der Waals surface area (Å²) in [5, 5.41) is 10.2. The monoisotopic (exact) mass is 403 g/mol. The number of amides is 1. The smallest absolute Gasteiger partial charge is 0.239 e. The van der Waals surface area contributed by atoms with E-state index in [1.165, 1.54) is 18.4 Å². The topological polar surface area (TPSA) is 62.4 Å². The lowest BCUT2D eigenvalue weighted by Gasteiger charge is -2.35. The van der Waals surface area contributed by atoms with Crippen LogP contribution >= 0.6 is 24.8 Å². The highest BCUT2D eigenvalue weighted by Gasteiger charge is 2.36. The van der Waals surface area contributed by atoms with Crippen molar-refractivity contribution < 1.29 is 9.53 Å². The van der Waals surface area contributed by atoms with Crippen LogP contribution in [0.4, 0.5) is 0 Å². The number of ether oxygens (including phenoxy) is 1. The summed E-state index contributed by atoms with van der Waals surface area (Å²) in [5.41, 5.74) is 1.29. The lowest BCUT2D eigenvalue weighted by molar-refractivity contribution is -0.126. The highest BCUT2D eigenvalue weighted by atomic mass is 35.5. The average Bonchev–Trinajstić information content (AvgIpc) is 3.10. The number of benzene rings is 1. The molecule has 7 heteroatoms. The lowest BCUT2D eigenvalue weighted by Crippen LogP contribution is -2.57. The quantitative estimate of drug-likeness (QED) is 0.682. The van der Waals surface area contributed by atoms with Gasteiger partial charge in [-0.2, -0.15) is 0 Å². The number of morpholine rings is 1. The summed E-state index contributed by atoms with van der Waals surface area (Å²) in [7, 11) is 0. The van der Waals surface area contributed by atoms with Gasteiger partial charge in [0, 0.05) is 24.7 Å². The van der Waals surface area contributed by atoms with E-state index in [9.17, 15) is 4.79 Å². The molecule has 26 heavy (non-hydrogen) atoms. The molecule has 1 aliphatic carbocycles. The van der Waals surface area contributed by atoms with Gasteiger partial charge in [0.05, 0.1) is 13.2 Å². The van der Waals surface area contributed by atoms with E-state index in [1.54, 1.807) is 0 Å². The highest BCUT2D eigenvalue weighted by Crippen LogP contribution is 2.31. The first-order chi connectivity index (χ1) is 11.7. The van der Waals surface area contributed by atoms with Crippen molar-refractivity contribution in [3.63, 3.8) is 0 Å². The molecule has 2 aliphatic rings. The van der Waals surface area contributed by atoms with Gasteiger partial charge in [-0.05, 0) is 25.3 Å². The SMILES string of the molecule is CC(NC1(CNC(=O)C2COCCN2)CCCC1)c1ccccc1.Cl.Cl. The second-order valence-corrected chi connectivity index (χ2v) is 7.06. The first-order valence-electron chi connectivity index (χ1n) is 9.10. The predicted molar refractivity (Wildman–Crippen MR) is 109 cm³/mol. The molecule has 1 saturated carbocycles. The van der Waals surface area contributed by atoms with Crippen molar-refractivity contribution in [1.29, 1.82) is 0 Å². The van der Waals surface area contributed by atoms with Gasteiger partial charge in [0.25, 0.3) is 0 Å². The number of halogens is 2. The molecule has 3 rings (SSSR count). The molecule has 2 fully saturated rings. The van der Waals surface area contributed by atoms with Gasteiger partial charge in [0.2, 0.25) is 5.91 Å². The second-order valence-electron chi connectivity index (χ2n) is 7.06. The molecule has 0 bridgehead atoms. The Morgan fingerprint density at radius 3 is 2.58 bits per heavy atom. The maximum absolute atomic E-state index is 12.4. The molecule has 0 radical (unpaired) electrons. The lowest BCUT2D eigenvalue weighted by atomic mass is 9.94. The van der Waals surface area contributed by atoms with Crippen LogP contribution in [0.3, 0.4) is 0 Å². The average molecular weight is 404 g/mol. The third-order valence-corrected chi connectivity index (χ3v) is 5.22. The maximum atomic E-state index is 12.4. The normalized spacial score (nSPS) is 22.6. The molecular formula is C19H31Cl2N3O2. The number of carbonyl (C=O) groups is 1. The van der Waals surface area contributed by atoms with Crippen molar-refractivity contribution >= 4 is 30.7 Å². The van der Waals surface area contributed by atoms with Gasteiger partial charge in [-0.1, -0.05) is 43.2 Å². The van der Waals surface area contributed by atoms with Crippen molar-refractivity contribution in [3.05, 3.63) is 35.9 Å². The molecule has 2 atom stereocenters. The minimum atomic E-state index is -0.219. The van der Waals surface area contributed by atoms with E-state index in [4.69, 9.17) is 4.74 Å². The fourth-order valence-electron chi connectivity index (χ4n) is 3.82. The molecule has 1 amide bonds. The molecule has 3 N–H and O–H groups in total. The molecule has 1 aromatic rings. The zero-order valence-electron chi connectivity index (χ0n) is 15.3. The van der Waals surface area contributed by atoms with Crippen LogP contribution in [0.15, 0.2) is 30.3 Å². The maximum Gasteiger partial charge on any atom is 0.239 e. The minimum absolute atomic E-state index is 0. The van der Waals surface area contributed by atoms with Crippen LogP contribution in [-0.2, 0) is 9.53 Å². The van der Waals surface area contributed by atoms with Crippen LogP contribution in [-0.4, -0.2) is 43.8 Å². The Morgan fingerprint density at radius 2 is 1.96 bits per heavy atom. The number of hydrogen-bond donors (Lipinski definition) is 3. The molecule has 148 valence electrons. The summed E-state index contributed by atoms with van der Waals surface area (Å²) in [4.78, 5) is 12.4. The van der Waals surface area contributed by atoms with E-state index in [1.807, 2.05) is 6.07 Å². The predicted octanol–water partition coefficient (Wildman–Crippen LogP) is 2.60. The zero-order chi connectivity index (χ0) is 16.8. The summed E-state index contributed by atoms with van der Waals surface area (Å²) >= 11 is 0. The molecule has 2 unspecified atom stereocenters. The van der Waals surface area contributed by atoms with Gasteiger partial charge in [-0.15, -0.1) is 24.8 Å². The number of hydrogen-bond acceptors (Lipinski definition) is 4. The first kappa shape index (κ1) is 23.2. The van der Waals surface area contributed by atoms with Crippen molar-refractivity contribution in [2.45, 2.75) is 50.2 Å². The molecule has 1 aromatic carbocycles. The van der Waals surface area contributed by atoms with Crippen molar-refractivity contribution in [2.75, 3.05) is 26.3 Å². The van der Waals surface area contributed by atoms with Crippen LogP contribution in [0.5, 0.6) is 0 Å². The van der Waals surface area contributed by atoms with Crippen LogP contribution in [0.2, 0.25) is 0 Å². The molecule has 1 aliphatic heterocycles. The number of carbonyl (C=O) groups excluding carboxylic acids is 1. The third-order valence-electron chi connectivity index (χ3n) is 5.22. The van der Waals surface area contributed by atoms with Gasteiger partial charge < -0.3 is 20.7 Å². The van der Waals surface area contributed by atoms with Crippen LogP contribution < -0.4 is 16.0 Å². The Kier molecular flexibility index (Phi) is 9.90. The largest absolute Gasteiger partial charge is 0.378 e. The van der Waals surface area contributed by atoms with Crippen LogP contribution in [0.1, 0.15) is 44.2 Å². The van der Waals surface area contributed by atoms with Gasteiger partial charge >= 0.3 is 0 Å². The van der Waals surface area contributed by atoms with E-state index in [0.29, 0.717) is 19.8 Å². The van der Waals surface area contributed by atoms with Crippen molar-refractivity contribution in [3.8, 4) is 0 Å². The first-order valence-corrected chi connectivity index (χ1v) is 9.10. The van der Waals surface area contributed by atoms with Crippen LogP contribution in [0.25, 0.3) is 0 Å². The highest BCUT2D eigenvalue weighted by molar-refractivity contribution is 5.85. The molecular weight excluding hydrogens is 373 g/mol. The Labute approximate surface area is 168 Å². The van der Waals surface area contributed by atoms with E-state index in [0.717, 1.165) is 19.4 Å². The molecule has 0 spiro atoms. The zero-order valence-corrected chi connectivity index (χ0v) is 17.0. The summed E-state index contributed by atoms with van der Waals surface area (Å²) < 4.78 is 5.38. The summed E-state index contributed by atoms with van der Waals surface area (Å²) in [6.45, 7) is 4.78. The number of rotatable bonds is 6. The molecule has 1 saturated heterocycles. The van der Waals surface area contributed by atoms with E-state index in [-0.39, 0.29) is 48.3 Å². The molecule has 5 nitrogen and oxygen atoms in total. The van der Waals surface area contributed by atoms with E-state index in [2.05, 4.69) is 47.1 Å². The van der Waals surface area contributed by atoms with Crippen molar-refractivity contribution in [2.24, 2.45) is 0 Å². The van der Waals surface area contributed by atoms with Gasteiger partial charge in [0.1, 0.15) is 6.04 Å². The molecule has 1 heterocycles. The second kappa shape index (κ2) is 11.1. The summed E-state index contributed by atoms with van der Waals surface area (Å²) in [6, 6.07) is 10.6. The fourth-order valence-corrected chi connectivity index (χ4v) is 3.82. The Hall–Kier alpha value is -0.850.